The average molecular weight is 388 g/mol. The molecule has 0 bridgehead atoms. The maximum atomic E-state index is 10.2. The van der Waals surface area contributed by atoms with Crippen LogP contribution in [0.3, 0.4) is 0 Å². The number of aliphatic hydroxyl groups excluding tert-OH is 4. The highest BCUT2D eigenvalue weighted by molar-refractivity contribution is 5.70. The van der Waals surface area contributed by atoms with E-state index in [9.17, 15) is 30.6 Å². The molecule has 1 saturated heterocycles. The molecule has 5 atom stereocenters. The van der Waals surface area contributed by atoms with Crippen LogP contribution in [-0.2, 0) is 11.2 Å². The monoisotopic (exact) mass is 388 g/mol. The summed E-state index contributed by atoms with van der Waals surface area (Å²) < 4.78 is 5.52. The van der Waals surface area contributed by atoms with Gasteiger partial charge >= 0.3 is 0 Å². The second-order valence-corrected chi connectivity index (χ2v) is 6.93. The SMILES string of the molecule is OC[C@H]1O[C@@H](Cc2cc(O)cc(/C=C/c3ccc(O)cc3)c2)[C@H](O)[C@@H](O)[C@@H]1O. The minimum absolute atomic E-state index is 0.0347. The van der Waals surface area contributed by atoms with Crippen LogP contribution in [0.1, 0.15) is 16.7 Å². The van der Waals surface area contributed by atoms with Crippen LogP contribution < -0.4 is 0 Å². The highest BCUT2D eigenvalue weighted by atomic mass is 16.5. The van der Waals surface area contributed by atoms with Crippen molar-refractivity contribution in [2.75, 3.05) is 6.61 Å². The Hall–Kier alpha value is -2.42. The summed E-state index contributed by atoms with van der Waals surface area (Å²) in [4.78, 5) is 0. The second-order valence-electron chi connectivity index (χ2n) is 6.93. The molecule has 2 aromatic carbocycles. The van der Waals surface area contributed by atoms with Gasteiger partial charge in [-0.3, -0.25) is 0 Å². The van der Waals surface area contributed by atoms with Crippen molar-refractivity contribution < 1.29 is 35.4 Å². The third kappa shape index (κ3) is 4.70. The lowest BCUT2D eigenvalue weighted by molar-refractivity contribution is -0.228. The third-order valence-electron chi connectivity index (χ3n) is 4.79. The molecule has 2 aromatic rings. The zero-order valence-corrected chi connectivity index (χ0v) is 15.1. The van der Waals surface area contributed by atoms with E-state index in [4.69, 9.17) is 4.74 Å². The Morgan fingerprint density at radius 2 is 1.39 bits per heavy atom. The van der Waals surface area contributed by atoms with Gasteiger partial charge in [-0.25, -0.2) is 0 Å². The summed E-state index contributed by atoms with van der Waals surface area (Å²) in [6.07, 6.45) is -2.16. The fourth-order valence-corrected chi connectivity index (χ4v) is 3.27. The van der Waals surface area contributed by atoms with Crippen LogP contribution in [0.5, 0.6) is 11.5 Å². The van der Waals surface area contributed by atoms with Crippen LogP contribution in [-0.4, -0.2) is 67.8 Å². The molecule has 0 spiro atoms. The number of phenols is 2. The molecule has 7 heteroatoms. The molecule has 0 aliphatic carbocycles. The first-order valence-electron chi connectivity index (χ1n) is 8.98. The first-order valence-corrected chi connectivity index (χ1v) is 8.98. The van der Waals surface area contributed by atoms with Gasteiger partial charge in [0.2, 0.25) is 0 Å². The first-order chi connectivity index (χ1) is 13.4. The summed E-state index contributed by atoms with van der Waals surface area (Å²) in [6.45, 7) is -0.484. The Balaban J connectivity index is 1.76. The van der Waals surface area contributed by atoms with Crippen LogP contribution in [0.2, 0.25) is 0 Å². The molecule has 6 N–H and O–H groups in total. The molecule has 0 saturated carbocycles. The van der Waals surface area contributed by atoms with Gasteiger partial charge in [-0.05, 0) is 41.0 Å². The van der Waals surface area contributed by atoms with Crippen molar-refractivity contribution in [2.45, 2.75) is 36.9 Å². The van der Waals surface area contributed by atoms with E-state index >= 15 is 0 Å². The summed E-state index contributed by atoms with van der Waals surface area (Å²) in [5.41, 5.74) is 2.25. The van der Waals surface area contributed by atoms with Crippen molar-refractivity contribution in [3.05, 3.63) is 59.2 Å². The number of ether oxygens (including phenoxy) is 1. The average Bonchev–Trinajstić information content (AvgIpc) is 2.67. The molecule has 0 aromatic heterocycles. The zero-order valence-electron chi connectivity index (χ0n) is 15.1. The van der Waals surface area contributed by atoms with Gasteiger partial charge in [0.05, 0.1) is 12.7 Å². The molecule has 28 heavy (non-hydrogen) atoms. The number of benzene rings is 2. The summed E-state index contributed by atoms with van der Waals surface area (Å²) in [5, 5.41) is 58.6. The Labute approximate surface area is 162 Å². The van der Waals surface area contributed by atoms with E-state index in [-0.39, 0.29) is 17.9 Å². The highest BCUT2D eigenvalue weighted by Crippen LogP contribution is 2.26. The number of phenolic OH excluding ortho intramolecular Hbond substituents is 2. The van der Waals surface area contributed by atoms with Crippen molar-refractivity contribution >= 4 is 12.2 Å². The summed E-state index contributed by atoms with van der Waals surface area (Å²) in [5.74, 6) is 0.212. The quantitative estimate of drug-likeness (QED) is 0.415. The van der Waals surface area contributed by atoms with E-state index in [1.165, 1.54) is 6.07 Å². The molecule has 0 radical (unpaired) electrons. The van der Waals surface area contributed by atoms with Gasteiger partial charge in [0.15, 0.2) is 0 Å². The van der Waals surface area contributed by atoms with Gasteiger partial charge in [-0.2, -0.15) is 0 Å². The summed E-state index contributed by atoms with van der Waals surface area (Å²) in [7, 11) is 0. The Kier molecular flexibility index (Phi) is 6.33. The van der Waals surface area contributed by atoms with Gasteiger partial charge in [0.25, 0.3) is 0 Å². The van der Waals surface area contributed by atoms with Gasteiger partial charge in [0.1, 0.15) is 35.9 Å². The van der Waals surface area contributed by atoms with Crippen molar-refractivity contribution in [1.29, 1.82) is 0 Å². The van der Waals surface area contributed by atoms with Crippen LogP contribution in [0, 0.1) is 0 Å². The normalized spacial score (nSPS) is 27.9. The molecule has 1 aliphatic heterocycles. The van der Waals surface area contributed by atoms with E-state index < -0.39 is 37.1 Å². The number of hydrogen-bond acceptors (Lipinski definition) is 7. The Morgan fingerprint density at radius 3 is 2.07 bits per heavy atom. The molecule has 1 aliphatic rings. The minimum Gasteiger partial charge on any atom is -0.508 e. The number of hydrogen-bond donors (Lipinski definition) is 6. The van der Waals surface area contributed by atoms with Crippen molar-refractivity contribution in [3.63, 3.8) is 0 Å². The predicted octanol–water partition coefficient (Wildman–Crippen LogP) is 0.653. The fourth-order valence-electron chi connectivity index (χ4n) is 3.27. The minimum atomic E-state index is -1.43. The smallest absolute Gasteiger partial charge is 0.116 e. The molecule has 7 nitrogen and oxygen atoms in total. The van der Waals surface area contributed by atoms with E-state index in [1.54, 1.807) is 42.5 Å². The van der Waals surface area contributed by atoms with Crippen LogP contribution in [0.15, 0.2) is 42.5 Å². The van der Waals surface area contributed by atoms with Crippen LogP contribution in [0.4, 0.5) is 0 Å². The van der Waals surface area contributed by atoms with Gasteiger partial charge in [0, 0.05) is 6.42 Å². The van der Waals surface area contributed by atoms with Gasteiger partial charge < -0.3 is 35.4 Å². The lowest BCUT2D eigenvalue weighted by atomic mass is 9.91. The Bertz CT molecular complexity index is 816. The van der Waals surface area contributed by atoms with E-state index in [2.05, 4.69) is 0 Å². The van der Waals surface area contributed by atoms with Gasteiger partial charge in [-0.15, -0.1) is 0 Å². The number of aliphatic hydroxyl groups is 4. The largest absolute Gasteiger partial charge is 0.508 e. The molecule has 0 amide bonds. The summed E-state index contributed by atoms with van der Waals surface area (Å²) >= 11 is 0. The lowest BCUT2D eigenvalue weighted by Gasteiger charge is -2.40. The standard InChI is InChI=1S/C21H24O7/c22-11-18-20(26)21(27)19(25)17(28-18)10-14-7-13(8-16(24)9-14)2-1-12-3-5-15(23)6-4-12/h1-9,17-27H,10-11H2/b2-1+/t17-,18+,19-,20+,21+/m0/s1. The van der Waals surface area contributed by atoms with Gasteiger partial charge in [-0.1, -0.05) is 30.4 Å². The van der Waals surface area contributed by atoms with E-state index in [0.29, 0.717) is 11.1 Å². The molecule has 150 valence electrons. The number of aromatic hydroxyl groups is 2. The van der Waals surface area contributed by atoms with Crippen molar-refractivity contribution in [1.82, 2.24) is 0 Å². The maximum Gasteiger partial charge on any atom is 0.116 e. The fraction of sp³-hybridized carbons (Fsp3) is 0.333. The molecule has 1 fully saturated rings. The van der Waals surface area contributed by atoms with Crippen molar-refractivity contribution in [3.8, 4) is 11.5 Å². The van der Waals surface area contributed by atoms with Crippen molar-refractivity contribution in [2.24, 2.45) is 0 Å². The first kappa shape index (κ1) is 20.3. The number of rotatable bonds is 5. The molecular weight excluding hydrogens is 364 g/mol. The second kappa shape index (κ2) is 8.72. The summed E-state index contributed by atoms with van der Waals surface area (Å²) in [6, 6.07) is 11.6. The third-order valence-corrected chi connectivity index (χ3v) is 4.79. The lowest BCUT2D eigenvalue weighted by Crippen LogP contribution is -2.59. The molecule has 0 unspecified atom stereocenters. The maximum absolute atomic E-state index is 10.2. The zero-order chi connectivity index (χ0) is 20.3. The van der Waals surface area contributed by atoms with E-state index in [0.717, 1.165) is 5.56 Å². The Morgan fingerprint density at radius 1 is 0.750 bits per heavy atom. The molecule has 1 heterocycles. The topological polar surface area (TPSA) is 131 Å². The van der Waals surface area contributed by atoms with Crippen LogP contribution in [0.25, 0.3) is 12.2 Å². The predicted molar refractivity (Wildman–Crippen MR) is 103 cm³/mol. The molecule has 3 rings (SSSR count). The highest BCUT2D eigenvalue weighted by Gasteiger charge is 2.43. The molecular formula is C21H24O7. The van der Waals surface area contributed by atoms with E-state index in [1.807, 2.05) is 6.08 Å². The van der Waals surface area contributed by atoms with Crippen LogP contribution >= 0.6 is 0 Å².